The minimum atomic E-state index is -0.234. The summed E-state index contributed by atoms with van der Waals surface area (Å²) in [5, 5.41) is 7.58. The molecule has 0 bridgehead atoms. The zero-order valence-electron chi connectivity index (χ0n) is 19.6. The summed E-state index contributed by atoms with van der Waals surface area (Å²) in [4.78, 5) is 37.1. The number of aromatic nitrogens is 2. The molecule has 11 heteroatoms. The molecular formula is C25H24Cl2N6O2S. The van der Waals surface area contributed by atoms with E-state index < -0.39 is 0 Å². The van der Waals surface area contributed by atoms with Crippen LogP contribution in [0, 0.1) is 0 Å². The van der Waals surface area contributed by atoms with Gasteiger partial charge in [-0.15, -0.1) is 0 Å². The molecule has 1 aromatic heterocycles. The van der Waals surface area contributed by atoms with Gasteiger partial charge in [0.15, 0.2) is 0 Å². The Morgan fingerprint density at radius 3 is 2.75 bits per heavy atom. The molecule has 3 aromatic rings. The molecule has 2 aliphatic rings. The number of halogens is 2. The van der Waals surface area contributed by atoms with Crippen molar-refractivity contribution in [3.05, 3.63) is 69.3 Å². The average Bonchev–Trinajstić information content (AvgIpc) is 2.85. The monoisotopic (exact) mass is 542 g/mol. The zero-order valence-corrected chi connectivity index (χ0v) is 21.9. The molecule has 2 N–H and O–H groups in total. The van der Waals surface area contributed by atoms with E-state index in [4.69, 9.17) is 23.2 Å². The van der Waals surface area contributed by atoms with E-state index in [2.05, 4.69) is 37.6 Å². The third-order valence-corrected chi connectivity index (χ3v) is 7.70. The highest BCUT2D eigenvalue weighted by Crippen LogP contribution is 2.39. The number of para-hydroxylation sites is 1. The van der Waals surface area contributed by atoms with E-state index in [9.17, 15) is 9.59 Å². The number of rotatable bonds is 6. The summed E-state index contributed by atoms with van der Waals surface area (Å²) in [7, 11) is 0. The minimum absolute atomic E-state index is 0.00222. The highest BCUT2D eigenvalue weighted by Gasteiger charge is 2.30. The zero-order chi connectivity index (χ0) is 25.2. The average molecular weight is 543 g/mol. The van der Waals surface area contributed by atoms with Crippen LogP contribution >= 0.6 is 35.0 Å². The van der Waals surface area contributed by atoms with E-state index in [-0.39, 0.29) is 11.8 Å². The van der Waals surface area contributed by atoms with Crippen molar-refractivity contribution >= 4 is 64.1 Å². The molecule has 36 heavy (non-hydrogen) atoms. The number of amides is 2. The quantitative estimate of drug-likeness (QED) is 0.435. The highest BCUT2D eigenvalue weighted by molar-refractivity contribution is 7.99. The predicted octanol–water partition coefficient (Wildman–Crippen LogP) is 4.73. The predicted molar refractivity (Wildman–Crippen MR) is 143 cm³/mol. The van der Waals surface area contributed by atoms with Gasteiger partial charge in [0.05, 0.1) is 27.2 Å². The number of benzene rings is 2. The van der Waals surface area contributed by atoms with Gasteiger partial charge in [0.25, 0.3) is 5.91 Å². The van der Waals surface area contributed by atoms with Crippen molar-refractivity contribution in [1.29, 1.82) is 0 Å². The summed E-state index contributed by atoms with van der Waals surface area (Å²) < 4.78 is 0. The van der Waals surface area contributed by atoms with Crippen molar-refractivity contribution in [3.8, 4) is 0 Å². The van der Waals surface area contributed by atoms with Crippen LogP contribution in [-0.4, -0.2) is 52.2 Å². The van der Waals surface area contributed by atoms with E-state index in [1.54, 1.807) is 29.3 Å². The first-order valence-electron chi connectivity index (χ1n) is 11.5. The van der Waals surface area contributed by atoms with Crippen LogP contribution in [0.2, 0.25) is 10.0 Å². The second-order valence-corrected chi connectivity index (χ2v) is 10.4. The van der Waals surface area contributed by atoms with Crippen LogP contribution in [0.15, 0.2) is 47.6 Å². The van der Waals surface area contributed by atoms with Crippen molar-refractivity contribution in [3.63, 3.8) is 0 Å². The Morgan fingerprint density at radius 2 is 1.97 bits per heavy atom. The van der Waals surface area contributed by atoms with E-state index in [1.807, 2.05) is 6.07 Å². The molecule has 186 valence electrons. The van der Waals surface area contributed by atoms with E-state index >= 15 is 0 Å². The topological polar surface area (TPSA) is 90.5 Å². The largest absolute Gasteiger partial charge is 0.355 e. The fourth-order valence-electron chi connectivity index (χ4n) is 4.33. The molecule has 0 saturated carbocycles. The molecule has 2 aromatic carbocycles. The van der Waals surface area contributed by atoms with Crippen molar-refractivity contribution in [2.45, 2.75) is 24.9 Å². The van der Waals surface area contributed by atoms with Crippen LogP contribution in [0.3, 0.4) is 0 Å². The lowest BCUT2D eigenvalue weighted by atomic mass is 9.99. The summed E-state index contributed by atoms with van der Waals surface area (Å²) in [5.41, 5.74) is 4.37. The molecule has 0 saturated heterocycles. The van der Waals surface area contributed by atoms with Crippen LogP contribution < -0.4 is 15.5 Å². The Kier molecular flexibility index (Phi) is 7.34. The molecule has 0 radical (unpaired) electrons. The number of nitrogens with zero attached hydrogens (tertiary/aromatic N) is 4. The third kappa shape index (κ3) is 5.29. The number of hydrogen-bond acceptors (Lipinski definition) is 7. The standard InChI is InChI=1S/C25H24Cl2N6O2S/c1-15(34)28-8-10-32-9-7-16-11-18(6-5-17(16)13-32)30-25-29-12-19-23(31-25)36-14-33(24(19)35)22-20(26)3-2-4-21(22)27/h2-6,11-12H,7-10,13-14H2,1H3,(H,28,34)(H,29,30,31). The number of nitrogens with one attached hydrogen (secondary N) is 2. The van der Waals surface area contributed by atoms with Crippen LogP contribution in [0.25, 0.3) is 0 Å². The number of anilines is 3. The maximum atomic E-state index is 13.1. The molecule has 0 aliphatic carbocycles. The van der Waals surface area contributed by atoms with Gasteiger partial charge in [-0.25, -0.2) is 9.97 Å². The second-order valence-electron chi connectivity index (χ2n) is 8.61. The summed E-state index contributed by atoms with van der Waals surface area (Å²) in [6.07, 6.45) is 2.48. The van der Waals surface area contributed by atoms with Gasteiger partial charge in [-0.3, -0.25) is 19.4 Å². The van der Waals surface area contributed by atoms with Gasteiger partial charge in [0.1, 0.15) is 5.03 Å². The first kappa shape index (κ1) is 24.8. The van der Waals surface area contributed by atoms with Crippen molar-refractivity contribution in [1.82, 2.24) is 20.2 Å². The van der Waals surface area contributed by atoms with E-state index in [1.165, 1.54) is 29.8 Å². The number of carbonyl (C=O) groups excluding carboxylic acids is 2. The number of thioether (sulfide) groups is 1. The fourth-order valence-corrected chi connectivity index (χ4v) is 5.87. The minimum Gasteiger partial charge on any atom is -0.355 e. The van der Waals surface area contributed by atoms with Crippen LogP contribution in [0.1, 0.15) is 28.4 Å². The highest BCUT2D eigenvalue weighted by atomic mass is 35.5. The Balaban J connectivity index is 1.27. The molecule has 2 amide bonds. The Labute approximate surface area is 223 Å². The molecule has 0 spiro atoms. The summed E-state index contributed by atoms with van der Waals surface area (Å²) in [6.45, 7) is 4.82. The molecule has 0 unspecified atom stereocenters. The molecular weight excluding hydrogens is 519 g/mol. The van der Waals surface area contributed by atoms with Gasteiger partial charge in [-0.2, -0.15) is 0 Å². The summed E-state index contributed by atoms with van der Waals surface area (Å²) >= 11 is 14.1. The maximum Gasteiger partial charge on any atom is 0.263 e. The Hall–Kier alpha value is -2.85. The molecule has 3 heterocycles. The van der Waals surface area contributed by atoms with Crippen molar-refractivity contribution < 1.29 is 9.59 Å². The van der Waals surface area contributed by atoms with Gasteiger partial charge in [0.2, 0.25) is 11.9 Å². The molecule has 2 aliphatic heterocycles. The number of carbonyl (C=O) groups is 2. The smallest absolute Gasteiger partial charge is 0.263 e. The van der Waals surface area contributed by atoms with Gasteiger partial charge in [-0.1, -0.05) is 47.1 Å². The van der Waals surface area contributed by atoms with E-state index in [0.29, 0.717) is 44.7 Å². The number of hydrogen-bond donors (Lipinski definition) is 2. The van der Waals surface area contributed by atoms with Crippen LogP contribution in [0.4, 0.5) is 17.3 Å². The first-order valence-corrected chi connectivity index (χ1v) is 13.2. The van der Waals surface area contributed by atoms with Gasteiger partial charge in [0, 0.05) is 45.0 Å². The van der Waals surface area contributed by atoms with Gasteiger partial charge < -0.3 is 10.6 Å². The third-order valence-electron chi connectivity index (χ3n) is 6.12. The lowest BCUT2D eigenvalue weighted by Gasteiger charge is -2.29. The molecule has 0 atom stereocenters. The second kappa shape index (κ2) is 10.6. The maximum absolute atomic E-state index is 13.1. The lowest BCUT2D eigenvalue weighted by molar-refractivity contribution is -0.119. The SMILES string of the molecule is CC(=O)NCCN1CCc2cc(Nc3ncc4c(n3)SCN(c3c(Cl)cccc3Cl)C4=O)ccc2C1. The summed E-state index contributed by atoms with van der Waals surface area (Å²) in [6, 6.07) is 11.4. The Morgan fingerprint density at radius 1 is 1.17 bits per heavy atom. The fraction of sp³-hybridized carbons (Fsp3) is 0.280. The normalized spacial score (nSPS) is 15.3. The van der Waals surface area contributed by atoms with Gasteiger partial charge >= 0.3 is 0 Å². The molecule has 5 rings (SSSR count). The van der Waals surface area contributed by atoms with Gasteiger partial charge in [-0.05, 0) is 41.8 Å². The molecule has 0 fully saturated rings. The van der Waals surface area contributed by atoms with Crippen LogP contribution in [-0.2, 0) is 17.8 Å². The summed E-state index contributed by atoms with van der Waals surface area (Å²) in [5.74, 6) is 0.550. The van der Waals surface area contributed by atoms with Crippen molar-refractivity contribution in [2.24, 2.45) is 0 Å². The molecule has 8 nitrogen and oxygen atoms in total. The Bertz CT molecular complexity index is 1320. The van der Waals surface area contributed by atoms with E-state index in [0.717, 1.165) is 31.7 Å². The number of fused-ring (bicyclic) bond motifs is 2. The first-order chi connectivity index (χ1) is 17.4. The lowest BCUT2D eigenvalue weighted by Crippen LogP contribution is -2.37. The van der Waals surface area contributed by atoms with Crippen molar-refractivity contribution in [2.75, 3.05) is 35.7 Å². The van der Waals surface area contributed by atoms with Crippen LogP contribution in [0.5, 0.6) is 0 Å².